The molecule has 24 heavy (non-hydrogen) atoms. The number of benzene rings is 1. The van der Waals surface area contributed by atoms with Gasteiger partial charge in [-0.25, -0.2) is 9.79 Å². The van der Waals surface area contributed by atoms with Crippen LogP contribution < -0.4 is 10.6 Å². The molecule has 0 bridgehead atoms. The number of amides is 1. The van der Waals surface area contributed by atoms with Crippen LogP contribution in [0.4, 0.5) is 10.5 Å². The highest BCUT2D eigenvalue weighted by Crippen LogP contribution is 2.19. The molecule has 0 aromatic heterocycles. The highest BCUT2D eigenvalue weighted by molar-refractivity contribution is 14.0. The van der Waals surface area contributed by atoms with Crippen molar-refractivity contribution in [2.24, 2.45) is 10.7 Å². The Morgan fingerprint density at radius 3 is 2.33 bits per heavy atom. The zero-order valence-corrected chi connectivity index (χ0v) is 16.1. The Labute approximate surface area is 160 Å². The minimum atomic E-state index is -0.277. The van der Waals surface area contributed by atoms with Crippen molar-refractivity contribution in [1.29, 1.82) is 0 Å². The van der Waals surface area contributed by atoms with E-state index in [1.54, 1.807) is 4.90 Å². The van der Waals surface area contributed by atoms with Crippen molar-refractivity contribution in [2.45, 2.75) is 32.2 Å². The first kappa shape index (κ1) is 18.8. The van der Waals surface area contributed by atoms with Gasteiger partial charge in [0.25, 0.3) is 0 Å². The number of likely N-dealkylation sites (tertiary alicyclic amines) is 1. The largest absolute Gasteiger partial charge is 0.447 e. The number of nitrogens with zero attached hydrogens (tertiary/aromatic N) is 3. The summed E-state index contributed by atoms with van der Waals surface area (Å²) in [6, 6.07) is 7.83. The van der Waals surface area contributed by atoms with Crippen LogP contribution in [0, 0.1) is 0 Å². The minimum absolute atomic E-state index is 0. The summed E-state index contributed by atoms with van der Waals surface area (Å²) in [5.41, 5.74) is 8.06. The van der Waals surface area contributed by atoms with Crippen molar-refractivity contribution in [2.75, 3.05) is 31.1 Å². The van der Waals surface area contributed by atoms with Crippen LogP contribution in [0.25, 0.3) is 0 Å². The van der Waals surface area contributed by atoms with Crippen molar-refractivity contribution in [3.8, 4) is 0 Å². The molecule has 2 saturated heterocycles. The molecule has 0 spiro atoms. The van der Waals surface area contributed by atoms with E-state index in [1.807, 2.05) is 24.3 Å². The average molecular weight is 444 g/mol. The van der Waals surface area contributed by atoms with E-state index in [2.05, 4.69) is 9.89 Å². The molecule has 1 amide bonds. The fraction of sp³-hybridized carbons (Fsp3) is 0.529. The average Bonchev–Trinajstić information content (AvgIpc) is 2.84. The van der Waals surface area contributed by atoms with Gasteiger partial charge >= 0.3 is 6.09 Å². The summed E-state index contributed by atoms with van der Waals surface area (Å²) in [6.45, 7) is 3.64. The Kier molecular flexibility index (Phi) is 7.14. The molecule has 2 aliphatic rings. The molecule has 2 heterocycles. The molecule has 1 aromatic carbocycles. The molecule has 3 rings (SSSR count). The zero-order valence-electron chi connectivity index (χ0n) is 13.8. The van der Waals surface area contributed by atoms with Gasteiger partial charge in [-0.2, -0.15) is 0 Å². The molecule has 2 N–H and O–H groups in total. The van der Waals surface area contributed by atoms with Crippen LogP contribution in [0.5, 0.6) is 0 Å². The summed E-state index contributed by atoms with van der Waals surface area (Å²) in [7, 11) is 0. The summed E-state index contributed by atoms with van der Waals surface area (Å²) in [5, 5.41) is 0. The monoisotopic (exact) mass is 444 g/mol. The number of guanidine groups is 1. The predicted molar refractivity (Wildman–Crippen MR) is 106 cm³/mol. The van der Waals surface area contributed by atoms with Gasteiger partial charge in [0.15, 0.2) is 5.96 Å². The SMILES string of the molecule is I.NC(=NCc1ccc(N2CCOC2=O)cc1)N1CCCCCC1. The molecule has 0 unspecified atom stereocenters. The van der Waals surface area contributed by atoms with E-state index in [4.69, 9.17) is 10.5 Å². The number of halogens is 1. The number of hydrogen-bond donors (Lipinski definition) is 1. The van der Waals surface area contributed by atoms with Gasteiger partial charge < -0.3 is 15.4 Å². The molecule has 7 heteroatoms. The van der Waals surface area contributed by atoms with Crippen molar-refractivity contribution < 1.29 is 9.53 Å². The van der Waals surface area contributed by atoms with Gasteiger partial charge in [0, 0.05) is 18.8 Å². The lowest BCUT2D eigenvalue weighted by Gasteiger charge is -2.21. The quantitative estimate of drug-likeness (QED) is 0.442. The van der Waals surface area contributed by atoms with E-state index in [0.717, 1.165) is 24.3 Å². The third-order valence-corrected chi connectivity index (χ3v) is 4.36. The van der Waals surface area contributed by atoms with Crippen LogP contribution in [-0.2, 0) is 11.3 Å². The van der Waals surface area contributed by atoms with E-state index in [1.165, 1.54) is 25.7 Å². The summed E-state index contributed by atoms with van der Waals surface area (Å²) in [6.07, 6.45) is 4.67. The van der Waals surface area contributed by atoms with Gasteiger partial charge in [0.2, 0.25) is 0 Å². The lowest BCUT2D eigenvalue weighted by Crippen LogP contribution is -2.38. The van der Waals surface area contributed by atoms with E-state index in [-0.39, 0.29) is 30.1 Å². The number of ether oxygens (including phenoxy) is 1. The van der Waals surface area contributed by atoms with Crippen molar-refractivity contribution in [1.82, 2.24) is 4.90 Å². The number of carbonyl (C=O) groups is 1. The van der Waals surface area contributed by atoms with Gasteiger partial charge in [0.05, 0.1) is 13.1 Å². The number of anilines is 1. The molecule has 0 aliphatic carbocycles. The number of rotatable bonds is 3. The first-order valence-electron chi connectivity index (χ1n) is 8.32. The molecule has 0 saturated carbocycles. The summed E-state index contributed by atoms with van der Waals surface area (Å²) < 4.78 is 4.95. The third kappa shape index (κ3) is 4.75. The smallest absolute Gasteiger partial charge is 0.414 e. The second-order valence-corrected chi connectivity index (χ2v) is 6.01. The summed E-state index contributed by atoms with van der Waals surface area (Å²) in [4.78, 5) is 19.9. The number of cyclic esters (lactones) is 1. The maximum absolute atomic E-state index is 11.5. The normalized spacial score (nSPS) is 18.8. The third-order valence-electron chi connectivity index (χ3n) is 4.36. The first-order chi connectivity index (χ1) is 11.2. The van der Waals surface area contributed by atoms with Crippen LogP contribution in [0.15, 0.2) is 29.3 Å². The van der Waals surface area contributed by atoms with Gasteiger partial charge in [-0.05, 0) is 30.5 Å². The van der Waals surface area contributed by atoms with Crippen LogP contribution in [0.1, 0.15) is 31.2 Å². The maximum Gasteiger partial charge on any atom is 0.414 e. The Hall–Kier alpha value is -1.51. The molecule has 132 valence electrons. The van der Waals surface area contributed by atoms with E-state index < -0.39 is 0 Å². The Bertz CT molecular complexity index is 568. The Morgan fingerprint density at radius 2 is 1.75 bits per heavy atom. The van der Waals surface area contributed by atoms with Crippen LogP contribution in [-0.4, -0.2) is 43.2 Å². The fourth-order valence-electron chi connectivity index (χ4n) is 2.98. The Balaban J connectivity index is 0.00000208. The van der Waals surface area contributed by atoms with Gasteiger partial charge in [0.1, 0.15) is 6.61 Å². The highest BCUT2D eigenvalue weighted by atomic mass is 127. The molecular weight excluding hydrogens is 419 g/mol. The summed E-state index contributed by atoms with van der Waals surface area (Å²) in [5.74, 6) is 0.638. The van der Waals surface area contributed by atoms with Crippen LogP contribution >= 0.6 is 24.0 Å². The molecule has 1 aromatic rings. The number of carbonyl (C=O) groups excluding carboxylic acids is 1. The number of hydrogen-bond acceptors (Lipinski definition) is 3. The van der Waals surface area contributed by atoms with Gasteiger partial charge in [-0.1, -0.05) is 25.0 Å². The second-order valence-electron chi connectivity index (χ2n) is 6.01. The lowest BCUT2D eigenvalue weighted by molar-refractivity contribution is 0.181. The van der Waals surface area contributed by atoms with Crippen molar-refractivity contribution >= 4 is 41.7 Å². The van der Waals surface area contributed by atoms with Crippen LogP contribution in [0.3, 0.4) is 0 Å². The highest BCUT2D eigenvalue weighted by Gasteiger charge is 2.23. The lowest BCUT2D eigenvalue weighted by atomic mass is 10.2. The fourth-order valence-corrected chi connectivity index (χ4v) is 2.98. The number of aliphatic imine (C=N–C) groups is 1. The molecule has 2 fully saturated rings. The van der Waals surface area contributed by atoms with E-state index >= 15 is 0 Å². The molecule has 0 atom stereocenters. The topological polar surface area (TPSA) is 71.2 Å². The van der Waals surface area contributed by atoms with E-state index in [0.29, 0.717) is 25.7 Å². The Morgan fingerprint density at radius 1 is 1.08 bits per heavy atom. The minimum Gasteiger partial charge on any atom is -0.447 e. The van der Waals surface area contributed by atoms with Gasteiger partial charge in [-0.15, -0.1) is 24.0 Å². The molecular formula is C17H25IN4O2. The van der Waals surface area contributed by atoms with Crippen molar-refractivity contribution in [3.05, 3.63) is 29.8 Å². The summed E-state index contributed by atoms with van der Waals surface area (Å²) >= 11 is 0. The predicted octanol–water partition coefficient (Wildman–Crippen LogP) is 2.95. The molecule has 2 aliphatic heterocycles. The standard InChI is InChI=1S/C17H24N4O2.HI/c18-16(20-9-3-1-2-4-10-20)19-13-14-5-7-15(8-6-14)21-11-12-23-17(21)22;/h5-8H,1-4,9-13H2,(H2,18,19);1H. The zero-order chi connectivity index (χ0) is 16.1. The first-order valence-corrected chi connectivity index (χ1v) is 8.32. The van der Waals surface area contributed by atoms with E-state index in [9.17, 15) is 4.79 Å². The second kappa shape index (κ2) is 9.10. The van der Waals surface area contributed by atoms with Gasteiger partial charge in [-0.3, -0.25) is 4.90 Å². The number of nitrogens with two attached hydrogens (primary N) is 1. The molecule has 0 radical (unpaired) electrons. The van der Waals surface area contributed by atoms with Crippen LogP contribution in [0.2, 0.25) is 0 Å². The van der Waals surface area contributed by atoms with Crippen molar-refractivity contribution in [3.63, 3.8) is 0 Å². The molecule has 6 nitrogen and oxygen atoms in total. The maximum atomic E-state index is 11.5.